The van der Waals surface area contributed by atoms with Crippen LogP contribution in [-0.2, 0) is 9.47 Å². The topological polar surface area (TPSA) is 168 Å². The number of para-hydroxylation sites is 1. The number of nitrogens with two attached hydrogens (primary N) is 1. The number of amidine groups is 1. The van der Waals surface area contributed by atoms with E-state index < -0.39 is 17.7 Å². The van der Waals surface area contributed by atoms with Crippen molar-refractivity contribution in [1.29, 1.82) is 5.41 Å². The molecule has 0 amide bonds. The van der Waals surface area contributed by atoms with Gasteiger partial charge in [0.15, 0.2) is 11.6 Å². The molecule has 0 radical (unpaired) electrons. The number of carboxylic acids is 1. The lowest BCUT2D eigenvalue weighted by molar-refractivity contribution is 0.0696. The number of rotatable bonds is 9. The van der Waals surface area contributed by atoms with Crippen molar-refractivity contribution >= 4 is 17.5 Å². The second-order valence-electron chi connectivity index (χ2n) is 9.61. The van der Waals surface area contributed by atoms with Crippen LogP contribution in [-0.4, -0.2) is 45.9 Å². The summed E-state index contributed by atoms with van der Waals surface area (Å²) in [4.78, 5) is 27.8. The molecule has 3 atom stereocenters. The van der Waals surface area contributed by atoms with E-state index in [9.17, 15) is 14.7 Å². The van der Waals surface area contributed by atoms with Crippen LogP contribution in [0, 0.1) is 17.2 Å². The molecule has 11 nitrogen and oxygen atoms in total. The van der Waals surface area contributed by atoms with Gasteiger partial charge in [-0.05, 0) is 72.7 Å². The molecule has 39 heavy (non-hydrogen) atoms. The molecule has 1 aromatic heterocycles. The molecule has 1 fully saturated rings. The first kappa shape index (κ1) is 25.8. The number of fused-ring (bicyclic) bond motifs is 1. The second-order valence-corrected chi connectivity index (χ2v) is 9.61. The van der Waals surface area contributed by atoms with Crippen molar-refractivity contribution in [2.75, 3.05) is 19.5 Å². The number of hydrogen-bond donors (Lipinski definition) is 5. The number of benzene rings is 2. The summed E-state index contributed by atoms with van der Waals surface area (Å²) in [5, 5.41) is 25.4. The van der Waals surface area contributed by atoms with Crippen LogP contribution in [0.25, 0.3) is 5.69 Å². The van der Waals surface area contributed by atoms with Crippen LogP contribution >= 0.6 is 0 Å². The largest absolute Gasteiger partial charge is 0.497 e. The number of hydrogen-bond acceptors (Lipinski definition) is 7. The molecule has 2 aliphatic rings. The summed E-state index contributed by atoms with van der Waals surface area (Å²) in [6.07, 6.45) is 4.68. The molecule has 0 aliphatic heterocycles. The molecule has 6 N–H and O–H groups in total. The Morgan fingerprint density at radius 1 is 1.18 bits per heavy atom. The summed E-state index contributed by atoms with van der Waals surface area (Å²) in [6, 6.07) is 12.7. The number of nitrogens with zero attached hydrogens (tertiary/aromatic N) is 2. The Hall–Kier alpha value is -4.80. The molecular weight excluding hydrogens is 500 g/mol. The molecule has 5 rings (SSSR count). The normalized spacial score (nSPS) is 19.2. The molecule has 11 heteroatoms. The molecule has 2 aliphatic carbocycles. The molecule has 2 aromatic carbocycles. The van der Waals surface area contributed by atoms with Crippen LogP contribution in [0.1, 0.15) is 47.1 Å². The zero-order valence-electron chi connectivity index (χ0n) is 21.6. The second kappa shape index (κ2) is 10.5. The number of nitrogens with one attached hydrogen (secondary N) is 3. The summed E-state index contributed by atoms with van der Waals surface area (Å²) in [5.41, 5.74) is 7.47. The average molecular weight is 531 g/mol. The van der Waals surface area contributed by atoms with Gasteiger partial charge >= 0.3 is 11.7 Å². The van der Waals surface area contributed by atoms with Gasteiger partial charge in [-0.15, -0.1) is 5.10 Å². The number of ether oxygens (including phenoxy) is 2. The summed E-state index contributed by atoms with van der Waals surface area (Å²) >= 11 is 0. The lowest BCUT2D eigenvalue weighted by Gasteiger charge is -2.40. The van der Waals surface area contributed by atoms with E-state index in [-0.39, 0.29) is 23.0 Å². The highest BCUT2D eigenvalue weighted by atomic mass is 16.5. The third kappa shape index (κ3) is 4.90. The molecular formula is C28H30N6O5. The summed E-state index contributed by atoms with van der Waals surface area (Å²) in [7, 11) is 3.23. The number of anilines is 1. The molecule has 3 aromatic rings. The molecule has 1 saturated carbocycles. The number of carboxylic acid groups (broad SMARTS) is 1. The fraction of sp³-hybridized carbons (Fsp3) is 0.286. The van der Waals surface area contributed by atoms with Crippen molar-refractivity contribution in [3.63, 3.8) is 0 Å². The number of aromatic nitrogens is 3. The van der Waals surface area contributed by atoms with E-state index in [4.69, 9.17) is 20.6 Å². The van der Waals surface area contributed by atoms with Gasteiger partial charge < -0.3 is 25.6 Å². The highest BCUT2D eigenvalue weighted by Crippen LogP contribution is 2.49. The van der Waals surface area contributed by atoms with Crippen molar-refractivity contribution in [3.05, 3.63) is 99.1 Å². The van der Waals surface area contributed by atoms with Crippen molar-refractivity contribution in [3.8, 4) is 5.69 Å². The van der Waals surface area contributed by atoms with Crippen LogP contribution in [0.2, 0.25) is 0 Å². The molecule has 1 heterocycles. The third-order valence-corrected chi connectivity index (χ3v) is 7.44. The quantitative estimate of drug-likeness (QED) is 0.207. The van der Waals surface area contributed by atoms with Gasteiger partial charge in [-0.3, -0.25) is 10.4 Å². The van der Waals surface area contributed by atoms with Gasteiger partial charge in [0.25, 0.3) is 0 Å². The van der Waals surface area contributed by atoms with E-state index in [1.54, 1.807) is 44.6 Å². The van der Waals surface area contributed by atoms with E-state index in [0.717, 1.165) is 41.0 Å². The van der Waals surface area contributed by atoms with Crippen LogP contribution in [0.15, 0.2) is 76.5 Å². The van der Waals surface area contributed by atoms with E-state index >= 15 is 0 Å². The Morgan fingerprint density at radius 3 is 2.54 bits per heavy atom. The first-order valence-electron chi connectivity index (χ1n) is 12.6. The number of nitrogen functional groups attached to an aromatic ring is 1. The molecule has 0 spiro atoms. The third-order valence-electron chi connectivity index (χ3n) is 7.44. The van der Waals surface area contributed by atoms with Gasteiger partial charge in [-0.25, -0.2) is 9.59 Å². The van der Waals surface area contributed by atoms with Gasteiger partial charge in [0, 0.05) is 17.7 Å². The van der Waals surface area contributed by atoms with Crippen LogP contribution < -0.4 is 16.7 Å². The van der Waals surface area contributed by atoms with Crippen molar-refractivity contribution in [1.82, 2.24) is 14.8 Å². The summed E-state index contributed by atoms with van der Waals surface area (Å²) < 4.78 is 12.4. The van der Waals surface area contributed by atoms with Gasteiger partial charge in [0.2, 0.25) is 0 Å². The summed E-state index contributed by atoms with van der Waals surface area (Å²) in [6.45, 7) is 0. The number of H-pyrrole nitrogens is 1. The predicted octanol–water partition coefficient (Wildman–Crippen LogP) is 3.56. The van der Waals surface area contributed by atoms with E-state index in [1.807, 2.05) is 18.2 Å². The first-order valence-corrected chi connectivity index (χ1v) is 12.6. The maximum absolute atomic E-state index is 13.1. The van der Waals surface area contributed by atoms with E-state index in [1.165, 1.54) is 6.07 Å². The Labute approximate surface area is 224 Å². The lowest BCUT2D eigenvalue weighted by atomic mass is 9.67. The molecule has 0 saturated heterocycles. The maximum atomic E-state index is 13.1. The zero-order valence-corrected chi connectivity index (χ0v) is 21.6. The average Bonchev–Trinajstić information content (AvgIpc) is 3.26. The number of carbonyl (C=O) groups is 1. The monoisotopic (exact) mass is 530 g/mol. The Bertz CT molecular complexity index is 1530. The highest BCUT2D eigenvalue weighted by molar-refractivity contribution is 5.95. The minimum Gasteiger partial charge on any atom is -0.497 e. The SMILES string of the molecule is COC1=C(OC)CC2CCC2C(C(Nc2ccc(C(=N)N)cc2)c2nn(-c3ccccc3C(=O)O)c(=O)[nH]2)=C1. The number of methoxy groups -OCH3 is 2. The van der Waals surface area contributed by atoms with Crippen LogP contribution in [0.3, 0.4) is 0 Å². The molecule has 0 bridgehead atoms. The fourth-order valence-electron chi connectivity index (χ4n) is 5.28. The highest BCUT2D eigenvalue weighted by Gasteiger charge is 2.41. The van der Waals surface area contributed by atoms with Crippen molar-refractivity contribution in [2.45, 2.75) is 25.3 Å². The fourth-order valence-corrected chi connectivity index (χ4v) is 5.28. The maximum Gasteiger partial charge on any atom is 0.348 e. The molecule has 202 valence electrons. The first-order chi connectivity index (χ1) is 18.8. The predicted molar refractivity (Wildman–Crippen MR) is 145 cm³/mol. The van der Waals surface area contributed by atoms with E-state index in [2.05, 4.69) is 15.4 Å². The zero-order chi connectivity index (χ0) is 27.7. The minimum atomic E-state index is -1.16. The smallest absolute Gasteiger partial charge is 0.348 e. The van der Waals surface area contributed by atoms with Crippen molar-refractivity contribution < 1.29 is 19.4 Å². The standard InChI is InChI=1S/C28H30N6O5/c1-38-22-13-16-9-12-18(16)20(14-23(22)39-2)24(31-17-10-7-15(8-11-17)25(29)30)26-32-28(37)34(33-26)21-6-4-3-5-19(21)27(35)36/h3-8,10-11,14,16,18,24,31H,9,12-13H2,1-2H3,(H3,29,30)(H,35,36)(H,32,33,37). The van der Waals surface area contributed by atoms with Crippen molar-refractivity contribution in [2.24, 2.45) is 17.6 Å². The van der Waals surface area contributed by atoms with Gasteiger partial charge in [0.05, 0.1) is 25.5 Å². The lowest BCUT2D eigenvalue weighted by Crippen LogP contribution is -2.32. The van der Waals surface area contributed by atoms with Gasteiger partial charge in [-0.2, -0.15) is 4.68 Å². The van der Waals surface area contributed by atoms with E-state index in [0.29, 0.717) is 23.1 Å². The summed E-state index contributed by atoms with van der Waals surface area (Å²) in [5.74, 6) is 1.03. The Balaban J connectivity index is 1.64. The Morgan fingerprint density at radius 2 is 1.92 bits per heavy atom. The van der Waals surface area contributed by atoms with Gasteiger partial charge in [-0.1, -0.05) is 12.1 Å². The van der Waals surface area contributed by atoms with Gasteiger partial charge in [0.1, 0.15) is 17.6 Å². The Kier molecular flexibility index (Phi) is 6.97. The number of aromatic amines is 1. The minimum absolute atomic E-state index is 0.0379. The number of aromatic carboxylic acids is 1. The number of allylic oxidation sites excluding steroid dienone is 2. The van der Waals surface area contributed by atoms with Crippen LogP contribution in [0.5, 0.6) is 0 Å². The van der Waals surface area contributed by atoms with Crippen LogP contribution in [0.4, 0.5) is 5.69 Å². The molecule has 3 unspecified atom stereocenters.